The summed E-state index contributed by atoms with van der Waals surface area (Å²) in [5.41, 5.74) is 0. The van der Waals surface area contributed by atoms with Crippen molar-refractivity contribution in [2.24, 2.45) is 0 Å². The predicted molar refractivity (Wildman–Crippen MR) is 68.8 cm³/mol. The Morgan fingerprint density at radius 2 is 1.76 bits per heavy atom. The number of hydrogen-bond acceptors (Lipinski definition) is 4. The molecule has 0 atom stereocenters. The van der Waals surface area contributed by atoms with Gasteiger partial charge in [0.05, 0.1) is 6.61 Å². The lowest BCUT2D eigenvalue weighted by molar-refractivity contribution is -0.137. The van der Waals surface area contributed by atoms with Crippen molar-refractivity contribution in [3.05, 3.63) is 12.7 Å². The Morgan fingerprint density at radius 3 is 2.24 bits per heavy atom. The summed E-state index contributed by atoms with van der Waals surface area (Å²) in [6, 6.07) is 0.842. The zero-order valence-corrected chi connectivity index (χ0v) is 11.9. The number of hydrogen-bond donors (Lipinski definition) is 0. The van der Waals surface area contributed by atoms with Crippen LogP contribution in [0, 0.1) is 0 Å². The molecular formula is C12H23O4Si. The molecule has 0 spiro atoms. The number of rotatable bonds is 11. The normalized spacial score (nSPS) is 10.5. The van der Waals surface area contributed by atoms with Gasteiger partial charge < -0.3 is 13.6 Å². The first-order chi connectivity index (χ1) is 8.24. The van der Waals surface area contributed by atoms with Crippen LogP contribution in [0.5, 0.6) is 0 Å². The van der Waals surface area contributed by atoms with Crippen LogP contribution >= 0.6 is 0 Å². The third-order valence-corrected chi connectivity index (χ3v) is 3.68. The van der Waals surface area contributed by atoms with Gasteiger partial charge in [-0.2, -0.15) is 0 Å². The van der Waals surface area contributed by atoms with E-state index in [4.69, 9.17) is 13.6 Å². The topological polar surface area (TPSA) is 44.8 Å². The van der Waals surface area contributed by atoms with Crippen LogP contribution in [0.3, 0.4) is 0 Å². The highest BCUT2D eigenvalue weighted by molar-refractivity contribution is 6.44. The molecular weight excluding hydrogens is 236 g/mol. The van der Waals surface area contributed by atoms with Crippen LogP contribution in [0.15, 0.2) is 12.7 Å². The van der Waals surface area contributed by atoms with Crippen molar-refractivity contribution in [2.75, 3.05) is 19.8 Å². The average molecular weight is 259 g/mol. The molecule has 0 aliphatic rings. The van der Waals surface area contributed by atoms with Gasteiger partial charge in [0.15, 0.2) is 0 Å². The fourth-order valence-corrected chi connectivity index (χ4v) is 2.73. The van der Waals surface area contributed by atoms with Gasteiger partial charge in [-0.05, 0) is 25.3 Å². The molecule has 0 saturated heterocycles. The van der Waals surface area contributed by atoms with E-state index in [1.807, 2.05) is 0 Å². The van der Waals surface area contributed by atoms with Gasteiger partial charge in [-0.1, -0.05) is 20.4 Å². The molecule has 0 fully saturated rings. The minimum Gasteiger partial charge on any atom is -0.463 e. The smallest absolute Gasteiger partial charge is 0.384 e. The third kappa shape index (κ3) is 10.2. The molecule has 0 aliphatic carbocycles. The van der Waals surface area contributed by atoms with E-state index in [-0.39, 0.29) is 5.97 Å². The highest BCUT2D eigenvalue weighted by Gasteiger charge is 2.15. The lowest BCUT2D eigenvalue weighted by atomic mass is 10.5. The molecule has 0 N–H and O–H groups in total. The average Bonchev–Trinajstić information content (AvgIpc) is 2.36. The van der Waals surface area contributed by atoms with Crippen LogP contribution in [0.4, 0.5) is 0 Å². The number of ether oxygens (including phenoxy) is 1. The maximum absolute atomic E-state index is 10.8. The van der Waals surface area contributed by atoms with Crippen molar-refractivity contribution in [2.45, 2.75) is 39.2 Å². The standard InChI is InChI=1S/C12H23O4Si/c1-4-8-15-17(16-9-5-2)11-7-10-14-12(13)6-3/h6H,3-5,7-11H2,1-2H3. The first-order valence-corrected chi connectivity index (χ1v) is 7.67. The van der Waals surface area contributed by atoms with E-state index in [0.29, 0.717) is 6.61 Å². The molecule has 0 aliphatic heterocycles. The van der Waals surface area contributed by atoms with Gasteiger partial charge in [0.2, 0.25) is 0 Å². The number of carbonyl (C=O) groups excluding carboxylic acids is 1. The maximum Gasteiger partial charge on any atom is 0.384 e. The number of carbonyl (C=O) groups is 1. The van der Waals surface area contributed by atoms with E-state index in [0.717, 1.165) is 38.5 Å². The Kier molecular flexibility index (Phi) is 11.4. The summed E-state index contributed by atoms with van der Waals surface area (Å²) < 4.78 is 16.2. The second-order valence-corrected chi connectivity index (χ2v) is 5.37. The quantitative estimate of drug-likeness (QED) is 0.247. The Hall–Kier alpha value is -0.653. The minimum atomic E-state index is -1.19. The Morgan fingerprint density at radius 1 is 1.18 bits per heavy atom. The fraction of sp³-hybridized carbons (Fsp3) is 0.750. The second kappa shape index (κ2) is 11.8. The maximum atomic E-state index is 10.8. The largest absolute Gasteiger partial charge is 0.463 e. The monoisotopic (exact) mass is 259 g/mol. The number of esters is 1. The summed E-state index contributed by atoms with van der Waals surface area (Å²) >= 11 is 0. The molecule has 4 nitrogen and oxygen atoms in total. The van der Waals surface area contributed by atoms with E-state index < -0.39 is 9.28 Å². The molecule has 0 heterocycles. The van der Waals surface area contributed by atoms with E-state index in [1.54, 1.807) is 0 Å². The van der Waals surface area contributed by atoms with Crippen molar-refractivity contribution in [1.82, 2.24) is 0 Å². The first-order valence-electron chi connectivity index (χ1n) is 6.15. The molecule has 5 heteroatoms. The SMILES string of the molecule is C=CC(=O)OCCC[Si](OCCC)OCCC. The van der Waals surface area contributed by atoms with Crippen LogP contribution in [0.2, 0.25) is 6.04 Å². The van der Waals surface area contributed by atoms with Crippen LogP contribution in [-0.2, 0) is 18.4 Å². The van der Waals surface area contributed by atoms with Gasteiger partial charge in [0, 0.05) is 19.3 Å². The van der Waals surface area contributed by atoms with Gasteiger partial charge in [-0.15, -0.1) is 0 Å². The van der Waals surface area contributed by atoms with Gasteiger partial charge >= 0.3 is 15.3 Å². The second-order valence-electron chi connectivity index (χ2n) is 3.54. The summed E-state index contributed by atoms with van der Waals surface area (Å²) in [4.78, 5) is 10.8. The van der Waals surface area contributed by atoms with E-state index in [9.17, 15) is 4.79 Å². The predicted octanol–water partition coefficient (Wildman–Crippen LogP) is 2.45. The summed E-state index contributed by atoms with van der Waals surface area (Å²) in [5, 5.41) is 0. The van der Waals surface area contributed by atoms with Gasteiger partial charge in [-0.3, -0.25) is 0 Å². The van der Waals surface area contributed by atoms with Crippen LogP contribution in [0.1, 0.15) is 33.1 Å². The molecule has 0 saturated carbocycles. The van der Waals surface area contributed by atoms with E-state index in [2.05, 4.69) is 20.4 Å². The van der Waals surface area contributed by atoms with E-state index in [1.165, 1.54) is 6.08 Å². The highest BCUT2D eigenvalue weighted by atomic mass is 28.3. The van der Waals surface area contributed by atoms with Crippen molar-refractivity contribution in [1.29, 1.82) is 0 Å². The fourth-order valence-electron chi connectivity index (χ4n) is 1.07. The molecule has 0 aromatic rings. The van der Waals surface area contributed by atoms with Crippen LogP contribution in [0.25, 0.3) is 0 Å². The Balaban J connectivity index is 3.66. The van der Waals surface area contributed by atoms with Crippen molar-refractivity contribution in [3.63, 3.8) is 0 Å². The Bertz CT molecular complexity index is 201. The lowest BCUT2D eigenvalue weighted by Gasteiger charge is -2.14. The van der Waals surface area contributed by atoms with Gasteiger partial charge in [-0.25, -0.2) is 4.79 Å². The summed E-state index contributed by atoms with van der Waals surface area (Å²) in [5.74, 6) is -0.372. The summed E-state index contributed by atoms with van der Waals surface area (Å²) in [7, 11) is -1.19. The molecule has 99 valence electrons. The third-order valence-electron chi connectivity index (χ3n) is 1.87. The molecule has 0 rings (SSSR count). The first kappa shape index (κ1) is 16.3. The van der Waals surface area contributed by atoms with Crippen molar-refractivity contribution in [3.8, 4) is 0 Å². The van der Waals surface area contributed by atoms with Gasteiger partial charge in [0.1, 0.15) is 0 Å². The van der Waals surface area contributed by atoms with Crippen molar-refractivity contribution < 1.29 is 18.4 Å². The molecule has 0 bridgehead atoms. The van der Waals surface area contributed by atoms with E-state index >= 15 is 0 Å². The summed E-state index contributed by atoms with van der Waals surface area (Å²) in [6.45, 7) is 9.37. The minimum absolute atomic E-state index is 0.372. The van der Waals surface area contributed by atoms with Crippen LogP contribution in [-0.4, -0.2) is 35.1 Å². The zero-order chi connectivity index (χ0) is 12.9. The molecule has 0 unspecified atom stereocenters. The van der Waals surface area contributed by atoms with Gasteiger partial charge in [0.25, 0.3) is 0 Å². The van der Waals surface area contributed by atoms with Crippen molar-refractivity contribution >= 4 is 15.3 Å². The molecule has 0 amide bonds. The molecule has 1 radical (unpaired) electrons. The Labute approximate surface area is 106 Å². The highest BCUT2D eigenvalue weighted by Crippen LogP contribution is 2.04. The van der Waals surface area contributed by atoms with Crippen LogP contribution < -0.4 is 0 Å². The lowest BCUT2D eigenvalue weighted by Crippen LogP contribution is -2.24. The molecule has 0 aromatic carbocycles. The molecule has 17 heavy (non-hydrogen) atoms. The summed E-state index contributed by atoms with van der Waals surface area (Å²) in [6.07, 6.45) is 3.94. The zero-order valence-electron chi connectivity index (χ0n) is 10.9. The molecule has 0 aromatic heterocycles.